The van der Waals surface area contributed by atoms with Gasteiger partial charge in [-0.15, -0.1) is 0 Å². The van der Waals surface area contributed by atoms with E-state index >= 15 is 0 Å². The predicted octanol–water partition coefficient (Wildman–Crippen LogP) is -0.198. The molecule has 0 aromatic carbocycles. The van der Waals surface area contributed by atoms with Crippen LogP contribution in [0.4, 0.5) is 0 Å². The number of rotatable bonds is 6. The third kappa shape index (κ3) is 3.95. The van der Waals surface area contributed by atoms with Crippen molar-refractivity contribution in [2.45, 2.75) is 38.8 Å². The van der Waals surface area contributed by atoms with E-state index in [2.05, 4.69) is 15.5 Å². The Morgan fingerprint density at radius 3 is 2.58 bits per heavy atom. The van der Waals surface area contributed by atoms with Crippen LogP contribution in [0.5, 0.6) is 0 Å². The molecule has 0 unspecified atom stereocenters. The Bertz CT molecular complexity index is 867. The molecule has 0 aliphatic heterocycles. The summed E-state index contributed by atoms with van der Waals surface area (Å²) in [5, 5.41) is 11.0. The van der Waals surface area contributed by atoms with Crippen LogP contribution in [0.3, 0.4) is 0 Å². The highest BCUT2D eigenvalue weighted by molar-refractivity contribution is 5.75. The summed E-state index contributed by atoms with van der Waals surface area (Å²) in [6.45, 7) is 2.16. The van der Waals surface area contributed by atoms with Gasteiger partial charge < -0.3 is 5.32 Å². The highest BCUT2D eigenvalue weighted by atomic mass is 16.2. The summed E-state index contributed by atoms with van der Waals surface area (Å²) in [5.74, 6) is 0.132. The van der Waals surface area contributed by atoms with Crippen LogP contribution in [0, 0.1) is 6.92 Å². The fourth-order valence-electron chi connectivity index (χ4n) is 2.38. The van der Waals surface area contributed by atoms with E-state index in [-0.39, 0.29) is 30.1 Å². The average molecular weight is 329 g/mol. The van der Waals surface area contributed by atoms with Crippen LogP contribution in [0.25, 0.3) is 0 Å². The Kier molecular flexibility index (Phi) is 4.54. The van der Waals surface area contributed by atoms with Gasteiger partial charge in [-0.2, -0.15) is 10.2 Å². The zero-order valence-electron chi connectivity index (χ0n) is 13.4. The minimum absolute atomic E-state index is 0.148. The van der Waals surface area contributed by atoms with Crippen LogP contribution in [0.15, 0.2) is 33.9 Å². The second-order valence-electron chi connectivity index (χ2n) is 5.91. The van der Waals surface area contributed by atoms with Crippen molar-refractivity contribution in [1.29, 1.82) is 0 Å². The van der Waals surface area contributed by atoms with Gasteiger partial charge in [-0.05, 0) is 31.9 Å². The molecule has 0 radical (unpaired) electrons. The van der Waals surface area contributed by atoms with Crippen molar-refractivity contribution in [3.8, 4) is 0 Å². The van der Waals surface area contributed by atoms with Crippen molar-refractivity contribution >= 4 is 5.91 Å². The van der Waals surface area contributed by atoms with Crippen LogP contribution in [0.1, 0.15) is 30.1 Å². The lowest BCUT2D eigenvalue weighted by molar-refractivity contribution is -0.121. The highest BCUT2D eigenvalue weighted by Crippen LogP contribution is 2.38. The van der Waals surface area contributed by atoms with Gasteiger partial charge in [0.05, 0.1) is 17.9 Å². The third-order valence-electron chi connectivity index (χ3n) is 3.82. The molecule has 1 fully saturated rings. The molecule has 24 heavy (non-hydrogen) atoms. The van der Waals surface area contributed by atoms with Crippen molar-refractivity contribution in [3.63, 3.8) is 0 Å². The molecule has 1 aliphatic carbocycles. The van der Waals surface area contributed by atoms with E-state index in [4.69, 9.17) is 0 Å². The SMILES string of the molecule is Cc1ccc(=O)n(CC(=O)NCCn2nc(C3CC3)ccc2=O)n1. The summed E-state index contributed by atoms with van der Waals surface area (Å²) >= 11 is 0. The zero-order chi connectivity index (χ0) is 17.1. The van der Waals surface area contributed by atoms with E-state index in [0.29, 0.717) is 18.2 Å². The van der Waals surface area contributed by atoms with Gasteiger partial charge in [0.25, 0.3) is 11.1 Å². The lowest BCUT2D eigenvalue weighted by Crippen LogP contribution is -2.36. The van der Waals surface area contributed by atoms with E-state index in [1.807, 2.05) is 0 Å². The van der Waals surface area contributed by atoms with Gasteiger partial charge in [-0.25, -0.2) is 9.36 Å². The topological polar surface area (TPSA) is 98.9 Å². The molecule has 1 amide bonds. The van der Waals surface area contributed by atoms with Crippen LogP contribution in [0.2, 0.25) is 0 Å². The van der Waals surface area contributed by atoms with Gasteiger partial charge in [0.2, 0.25) is 5.91 Å². The molecule has 0 atom stereocenters. The summed E-state index contributed by atoms with van der Waals surface area (Å²) in [6.07, 6.45) is 2.22. The summed E-state index contributed by atoms with van der Waals surface area (Å²) in [6, 6.07) is 6.26. The maximum Gasteiger partial charge on any atom is 0.267 e. The first-order valence-corrected chi connectivity index (χ1v) is 7.92. The monoisotopic (exact) mass is 329 g/mol. The normalized spacial score (nSPS) is 13.7. The van der Waals surface area contributed by atoms with Gasteiger partial charge >= 0.3 is 0 Å². The van der Waals surface area contributed by atoms with Crippen LogP contribution in [-0.2, 0) is 17.9 Å². The van der Waals surface area contributed by atoms with Crippen LogP contribution >= 0.6 is 0 Å². The molecule has 1 aliphatic rings. The summed E-state index contributed by atoms with van der Waals surface area (Å²) in [5.41, 5.74) is 1.07. The van der Waals surface area contributed by atoms with Gasteiger partial charge in [-0.1, -0.05) is 0 Å². The molecular weight excluding hydrogens is 310 g/mol. The maximum atomic E-state index is 11.9. The molecule has 1 N–H and O–H groups in total. The van der Waals surface area contributed by atoms with Gasteiger partial charge in [0.1, 0.15) is 6.54 Å². The molecule has 0 saturated heterocycles. The Morgan fingerprint density at radius 2 is 1.83 bits per heavy atom. The first-order chi connectivity index (χ1) is 11.5. The van der Waals surface area contributed by atoms with Crippen molar-refractivity contribution in [3.05, 3.63) is 56.4 Å². The van der Waals surface area contributed by atoms with E-state index < -0.39 is 0 Å². The first kappa shape index (κ1) is 16.1. The molecule has 3 rings (SSSR count). The molecule has 1 saturated carbocycles. The van der Waals surface area contributed by atoms with Gasteiger partial charge in [-0.3, -0.25) is 14.4 Å². The quantitative estimate of drug-likeness (QED) is 0.791. The van der Waals surface area contributed by atoms with E-state index in [0.717, 1.165) is 23.2 Å². The number of carbonyl (C=O) groups excluding carboxylic acids is 1. The number of amides is 1. The van der Waals surface area contributed by atoms with Crippen LogP contribution in [-0.4, -0.2) is 32.0 Å². The fraction of sp³-hybridized carbons (Fsp3) is 0.438. The van der Waals surface area contributed by atoms with Crippen molar-refractivity contribution in [1.82, 2.24) is 24.9 Å². The van der Waals surface area contributed by atoms with Crippen molar-refractivity contribution in [2.24, 2.45) is 0 Å². The van der Waals surface area contributed by atoms with E-state index in [1.165, 1.54) is 16.8 Å². The second kappa shape index (κ2) is 6.77. The van der Waals surface area contributed by atoms with Gasteiger partial charge in [0.15, 0.2) is 0 Å². The third-order valence-corrected chi connectivity index (χ3v) is 3.82. The van der Waals surface area contributed by atoms with Crippen LogP contribution < -0.4 is 16.4 Å². The zero-order valence-corrected chi connectivity index (χ0v) is 13.4. The number of hydrogen-bond donors (Lipinski definition) is 1. The number of aromatic nitrogens is 4. The summed E-state index contributed by atoms with van der Waals surface area (Å²) in [4.78, 5) is 35.3. The lowest BCUT2D eigenvalue weighted by atomic mass is 10.3. The number of aryl methyl sites for hydroxylation is 1. The van der Waals surface area contributed by atoms with E-state index in [9.17, 15) is 14.4 Å². The minimum Gasteiger partial charge on any atom is -0.353 e. The molecule has 0 spiro atoms. The minimum atomic E-state index is -0.332. The molecule has 0 bridgehead atoms. The van der Waals surface area contributed by atoms with Crippen molar-refractivity contribution < 1.29 is 4.79 Å². The molecule has 2 heterocycles. The predicted molar refractivity (Wildman–Crippen MR) is 86.7 cm³/mol. The Balaban J connectivity index is 1.55. The number of nitrogens with zero attached hydrogens (tertiary/aromatic N) is 4. The smallest absolute Gasteiger partial charge is 0.267 e. The molecule has 2 aromatic rings. The highest BCUT2D eigenvalue weighted by Gasteiger charge is 2.25. The first-order valence-electron chi connectivity index (χ1n) is 7.92. The number of hydrogen-bond acceptors (Lipinski definition) is 5. The molecule has 8 heteroatoms. The largest absolute Gasteiger partial charge is 0.353 e. The Labute approximate surface area is 138 Å². The Hall–Kier alpha value is -2.77. The number of carbonyl (C=O) groups is 1. The lowest BCUT2D eigenvalue weighted by Gasteiger charge is -2.09. The second-order valence-corrected chi connectivity index (χ2v) is 5.91. The van der Waals surface area contributed by atoms with E-state index in [1.54, 1.807) is 19.1 Å². The Morgan fingerprint density at radius 1 is 1.12 bits per heavy atom. The fourth-order valence-corrected chi connectivity index (χ4v) is 2.38. The summed E-state index contributed by atoms with van der Waals surface area (Å²) in [7, 11) is 0. The number of nitrogens with one attached hydrogen (secondary N) is 1. The molecule has 8 nitrogen and oxygen atoms in total. The summed E-state index contributed by atoms with van der Waals surface area (Å²) < 4.78 is 2.48. The van der Waals surface area contributed by atoms with Gasteiger partial charge in [0, 0.05) is 24.6 Å². The maximum absolute atomic E-state index is 11.9. The molecule has 126 valence electrons. The standard InChI is InChI=1S/C16H19N5O3/c1-11-2-6-16(24)21(18-11)10-14(22)17-8-9-20-15(23)7-5-13(19-20)12-3-4-12/h2,5-7,12H,3-4,8-10H2,1H3,(H,17,22). The van der Waals surface area contributed by atoms with Crippen molar-refractivity contribution in [2.75, 3.05) is 6.54 Å². The average Bonchev–Trinajstić information content (AvgIpc) is 3.37. The molecular formula is C16H19N5O3. The molecule has 2 aromatic heterocycles.